The van der Waals surface area contributed by atoms with Crippen molar-refractivity contribution in [3.8, 4) is 5.75 Å². The molecule has 0 spiro atoms. The van der Waals surface area contributed by atoms with Gasteiger partial charge < -0.3 is 15.0 Å². The average molecular weight is 409 g/mol. The molecule has 7 heteroatoms. The molecule has 30 heavy (non-hydrogen) atoms. The van der Waals surface area contributed by atoms with Gasteiger partial charge in [-0.15, -0.1) is 0 Å². The summed E-state index contributed by atoms with van der Waals surface area (Å²) in [6, 6.07) is 11.5. The minimum Gasteiger partial charge on any atom is -0.497 e. The van der Waals surface area contributed by atoms with Crippen molar-refractivity contribution in [1.82, 2.24) is 20.1 Å². The molecule has 7 nitrogen and oxygen atoms in total. The predicted octanol–water partition coefficient (Wildman–Crippen LogP) is 1.95. The summed E-state index contributed by atoms with van der Waals surface area (Å²) in [5.41, 5.74) is 2.14. The van der Waals surface area contributed by atoms with Gasteiger partial charge >= 0.3 is 0 Å². The van der Waals surface area contributed by atoms with Crippen molar-refractivity contribution in [3.05, 3.63) is 66.0 Å². The lowest BCUT2D eigenvalue weighted by Gasteiger charge is -2.34. The standard InChI is InChI=1S/C23H28N4O3/c1-30-21-5-2-19(3-6-21)4-7-22(28)25-13-10-23(29)27-16-14-26(15-17-27)18-20-8-11-24-12-9-20/h2-9,11-12H,10,13-18H2,1H3,(H,25,28)/b7-4+. The van der Waals surface area contributed by atoms with Gasteiger partial charge in [0.05, 0.1) is 7.11 Å². The molecule has 1 aliphatic rings. The van der Waals surface area contributed by atoms with Gasteiger partial charge in [-0.25, -0.2) is 0 Å². The van der Waals surface area contributed by atoms with Gasteiger partial charge in [0.2, 0.25) is 11.8 Å². The Kier molecular flexibility index (Phi) is 7.97. The van der Waals surface area contributed by atoms with E-state index >= 15 is 0 Å². The number of ether oxygens (including phenoxy) is 1. The molecule has 1 fully saturated rings. The molecular weight excluding hydrogens is 380 g/mol. The zero-order valence-corrected chi connectivity index (χ0v) is 17.3. The minimum absolute atomic E-state index is 0.0815. The first kappa shape index (κ1) is 21.5. The molecule has 0 saturated carbocycles. The first-order valence-corrected chi connectivity index (χ1v) is 10.1. The molecular formula is C23H28N4O3. The predicted molar refractivity (Wildman–Crippen MR) is 116 cm³/mol. The number of aromatic nitrogens is 1. The van der Waals surface area contributed by atoms with Gasteiger partial charge in [-0.1, -0.05) is 12.1 Å². The third kappa shape index (κ3) is 6.70. The van der Waals surface area contributed by atoms with Crippen LogP contribution in [0.15, 0.2) is 54.9 Å². The number of methoxy groups -OCH3 is 1. The number of rotatable bonds is 8. The van der Waals surface area contributed by atoms with E-state index in [-0.39, 0.29) is 11.8 Å². The van der Waals surface area contributed by atoms with E-state index in [0.29, 0.717) is 13.0 Å². The zero-order chi connectivity index (χ0) is 21.2. The van der Waals surface area contributed by atoms with Crippen LogP contribution in [0, 0.1) is 0 Å². The monoisotopic (exact) mass is 408 g/mol. The van der Waals surface area contributed by atoms with E-state index in [2.05, 4.69) is 15.2 Å². The molecule has 0 unspecified atom stereocenters. The summed E-state index contributed by atoms with van der Waals surface area (Å²) >= 11 is 0. The third-order valence-electron chi connectivity index (χ3n) is 5.06. The topological polar surface area (TPSA) is 74.8 Å². The van der Waals surface area contributed by atoms with Crippen molar-refractivity contribution in [3.63, 3.8) is 0 Å². The molecule has 158 valence electrons. The Morgan fingerprint density at radius 3 is 2.43 bits per heavy atom. The Labute approximate surface area is 177 Å². The van der Waals surface area contributed by atoms with E-state index in [4.69, 9.17) is 4.74 Å². The van der Waals surface area contributed by atoms with Gasteiger partial charge in [0.1, 0.15) is 5.75 Å². The average Bonchev–Trinajstić information content (AvgIpc) is 2.79. The molecule has 1 N–H and O–H groups in total. The minimum atomic E-state index is -0.208. The largest absolute Gasteiger partial charge is 0.497 e. The molecule has 1 aliphatic heterocycles. The molecule has 0 radical (unpaired) electrons. The maximum atomic E-state index is 12.4. The first-order valence-electron chi connectivity index (χ1n) is 10.1. The number of hydrogen-bond donors (Lipinski definition) is 1. The number of carbonyl (C=O) groups is 2. The van der Waals surface area contributed by atoms with Crippen LogP contribution in [0.3, 0.4) is 0 Å². The van der Waals surface area contributed by atoms with Crippen molar-refractivity contribution in [1.29, 1.82) is 0 Å². The number of carbonyl (C=O) groups excluding carboxylic acids is 2. The lowest BCUT2D eigenvalue weighted by molar-refractivity contribution is -0.132. The number of nitrogens with one attached hydrogen (secondary N) is 1. The fraction of sp³-hybridized carbons (Fsp3) is 0.348. The highest BCUT2D eigenvalue weighted by Crippen LogP contribution is 2.12. The molecule has 0 bridgehead atoms. The number of benzene rings is 1. The van der Waals surface area contributed by atoms with E-state index < -0.39 is 0 Å². The second-order valence-electron chi connectivity index (χ2n) is 7.16. The van der Waals surface area contributed by atoms with Crippen LogP contribution in [0.2, 0.25) is 0 Å². The molecule has 2 amide bonds. The number of hydrogen-bond acceptors (Lipinski definition) is 5. The lowest BCUT2D eigenvalue weighted by atomic mass is 10.2. The number of pyridine rings is 1. The molecule has 1 saturated heterocycles. The number of piperazine rings is 1. The Morgan fingerprint density at radius 1 is 1.07 bits per heavy atom. The summed E-state index contributed by atoms with van der Waals surface area (Å²) in [7, 11) is 1.61. The lowest BCUT2D eigenvalue weighted by Crippen LogP contribution is -2.48. The molecule has 3 rings (SSSR count). The van der Waals surface area contributed by atoms with Crippen LogP contribution in [-0.2, 0) is 16.1 Å². The summed E-state index contributed by atoms with van der Waals surface area (Å²) in [5.74, 6) is 0.645. The fourth-order valence-corrected chi connectivity index (χ4v) is 3.30. The van der Waals surface area contributed by atoms with Crippen molar-refractivity contribution < 1.29 is 14.3 Å². The molecule has 0 aliphatic carbocycles. The van der Waals surface area contributed by atoms with Gasteiger partial charge in [0, 0.05) is 64.2 Å². The second kappa shape index (κ2) is 11.1. The zero-order valence-electron chi connectivity index (χ0n) is 17.3. The summed E-state index contributed by atoms with van der Waals surface area (Å²) in [4.78, 5) is 32.6. The highest BCUT2D eigenvalue weighted by molar-refractivity contribution is 5.92. The molecule has 2 aromatic rings. The third-order valence-corrected chi connectivity index (χ3v) is 5.06. The van der Waals surface area contributed by atoms with Crippen LogP contribution in [0.1, 0.15) is 17.5 Å². The van der Waals surface area contributed by atoms with Crippen LogP contribution in [0.5, 0.6) is 5.75 Å². The molecule has 2 heterocycles. The van der Waals surface area contributed by atoms with Gasteiger partial charge in [-0.2, -0.15) is 0 Å². The van der Waals surface area contributed by atoms with E-state index in [9.17, 15) is 9.59 Å². The van der Waals surface area contributed by atoms with E-state index in [1.165, 1.54) is 11.6 Å². The fourth-order valence-electron chi connectivity index (χ4n) is 3.30. The highest BCUT2D eigenvalue weighted by atomic mass is 16.5. The van der Waals surface area contributed by atoms with Crippen molar-refractivity contribution >= 4 is 17.9 Å². The summed E-state index contributed by atoms with van der Waals surface area (Å²) in [5, 5.41) is 2.77. The van der Waals surface area contributed by atoms with Crippen molar-refractivity contribution in [2.75, 3.05) is 39.8 Å². The van der Waals surface area contributed by atoms with Crippen molar-refractivity contribution in [2.24, 2.45) is 0 Å². The number of amides is 2. The highest BCUT2D eigenvalue weighted by Gasteiger charge is 2.20. The smallest absolute Gasteiger partial charge is 0.244 e. The van der Waals surface area contributed by atoms with E-state index in [0.717, 1.165) is 44.0 Å². The Morgan fingerprint density at radius 2 is 1.77 bits per heavy atom. The van der Waals surface area contributed by atoms with Gasteiger partial charge in [0.15, 0.2) is 0 Å². The second-order valence-corrected chi connectivity index (χ2v) is 7.16. The maximum absolute atomic E-state index is 12.4. The quantitative estimate of drug-likeness (QED) is 0.676. The molecule has 1 aromatic heterocycles. The Hall–Kier alpha value is -3.19. The van der Waals surface area contributed by atoms with Crippen LogP contribution >= 0.6 is 0 Å². The number of nitrogens with zero attached hydrogens (tertiary/aromatic N) is 3. The van der Waals surface area contributed by atoms with Crippen LogP contribution in [0.4, 0.5) is 0 Å². The SMILES string of the molecule is COc1ccc(/C=C/C(=O)NCCC(=O)N2CCN(Cc3ccncc3)CC2)cc1. The summed E-state index contributed by atoms with van der Waals surface area (Å²) < 4.78 is 5.11. The normalized spacial score (nSPS) is 14.6. The summed E-state index contributed by atoms with van der Waals surface area (Å²) in [6.07, 6.45) is 7.13. The van der Waals surface area contributed by atoms with Gasteiger partial charge in [-0.05, 0) is 41.5 Å². The first-order chi connectivity index (χ1) is 14.6. The maximum Gasteiger partial charge on any atom is 0.244 e. The molecule has 0 atom stereocenters. The van der Waals surface area contributed by atoms with E-state index in [1.807, 2.05) is 41.3 Å². The van der Waals surface area contributed by atoms with Crippen LogP contribution in [0.25, 0.3) is 6.08 Å². The van der Waals surface area contributed by atoms with Crippen molar-refractivity contribution in [2.45, 2.75) is 13.0 Å². The van der Waals surface area contributed by atoms with Crippen LogP contribution < -0.4 is 10.1 Å². The van der Waals surface area contributed by atoms with Gasteiger partial charge in [0.25, 0.3) is 0 Å². The van der Waals surface area contributed by atoms with Gasteiger partial charge in [-0.3, -0.25) is 19.5 Å². The Balaban J connectivity index is 1.33. The van der Waals surface area contributed by atoms with Crippen LogP contribution in [-0.4, -0.2) is 66.4 Å². The van der Waals surface area contributed by atoms with E-state index in [1.54, 1.807) is 25.6 Å². The summed E-state index contributed by atoms with van der Waals surface area (Å²) in [6.45, 7) is 4.35. The Bertz CT molecular complexity index is 845. The molecule has 1 aromatic carbocycles.